The van der Waals surface area contributed by atoms with Crippen LogP contribution in [0.3, 0.4) is 0 Å². The van der Waals surface area contributed by atoms with Gasteiger partial charge in [-0.25, -0.2) is 0 Å². The van der Waals surface area contributed by atoms with Crippen LogP contribution in [0.5, 0.6) is 5.75 Å². The number of rotatable bonds is 6. The molecule has 128 valence electrons. The fraction of sp³-hybridized carbons (Fsp3) is 0.188. The summed E-state index contributed by atoms with van der Waals surface area (Å²) in [6.07, 6.45) is 0.104. The van der Waals surface area contributed by atoms with Crippen molar-refractivity contribution >= 4 is 39.3 Å². The van der Waals surface area contributed by atoms with Gasteiger partial charge in [-0.3, -0.25) is 4.79 Å². The second-order valence-electron chi connectivity index (χ2n) is 4.93. The lowest BCUT2D eigenvalue weighted by Gasteiger charge is -2.08. The van der Waals surface area contributed by atoms with Gasteiger partial charge in [0.15, 0.2) is 0 Å². The van der Waals surface area contributed by atoms with Gasteiger partial charge in [-0.05, 0) is 35.4 Å². The molecule has 5 nitrogen and oxygen atoms in total. The fourth-order valence-corrected chi connectivity index (χ4v) is 3.28. The maximum absolute atomic E-state index is 12.1. The standard InChI is InChI=1S/C16H14Cl2O5S/c1-22-16(19)9-11-2-5-13(6-3-11)23-24(20,21)10-12-4-7-14(17)15(18)8-12/h2-8H,9-10H2,1H3. The number of hydrogen-bond acceptors (Lipinski definition) is 5. The fourth-order valence-electron chi connectivity index (χ4n) is 1.91. The number of methoxy groups -OCH3 is 1. The van der Waals surface area contributed by atoms with Crippen molar-refractivity contribution in [3.05, 3.63) is 63.6 Å². The first-order valence-corrected chi connectivity index (χ1v) is 9.14. The van der Waals surface area contributed by atoms with E-state index in [0.29, 0.717) is 16.1 Å². The largest absolute Gasteiger partial charge is 0.469 e. The zero-order chi connectivity index (χ0) is 17.7. The summed E-state index contributed by atoms with van der Waals surface area (Å²) < 4.78 is 33.8. The zero-order valence-electron chi connectivity index (χ0n) is 12.7. The zero-order valence-corrected chi connectivity index (χ0v) is 15.0. The molecule has 0 heterocycles. The van der Waals surface area contributed by atoms with Crippen LogP contribution >= 0.6 is 23.2 Å². The summed E-state index contributed by atoms with van der Waals surface area (Å²) in [6, 6.07) is 10.7. The molecule has 0 aromatic heterocycles. The lowest BCUT2D eigenvalue weighted by atomic mass is 10.1. The highest BCUT2D eigenvalue weighted by molar-refractivity contribution is 7.86. The predicted octanol–water partition coefficient (Wildman–Crippen LogP) is 3.62. The highest BCUT2D eigenvalue weighted by Crippen LogP contribution is 2.24. The van der Waals surface area contributed by atoms with Crippen LogP contribution in [-0.2, 0) is 31.8 Å². The minimum atomic E-state index is -3.85. The maximum Gasteiger partial charge on any atom is 0.313 e. The number of benzene rings is 2. The SMILES string of the molecule is COC(=O)Cc1ccc(OS(=O)(=O)Cc2ccc(Cl)c(Cl)c2)cc1. The van der Waals surface area contributed by atoms with Gasteiger partial charge in [0.2, 0.25) is 0 Å². The van der Waals surface area contributed by atoms with E-state index in [1.807, 2.05) is 0 Å². The number of halogens is 2. The van der Waals surface area contributed by atoms with Crippen LogP contribution in [-0.4, -0.2) is 21.5 Å². The Morgan fingerprint density at radius 1 is 1.00 bits per heavy atom. The highest BCUT2D eigenvalue weighted by atomic mass is 35.5. The van der Waals surface area contributed by atoms with Crippen molar-refractivity contribution < 1.29 is 22.1 Å². The molecule has 24 heavy (non-hydrogen) atoms. The summed E-state index contributed by atoms with van der Waals surface area (Å²) in [6.45, 7) is 0. The molecule has 0 fully saturated rings. The topological polar surface area (TPSA) is 69.7 Å². The van der Waals surface area contributed by atoms with Crippen LogP contribution in [0.25, 0.3) is 0 Å². The van der Waals surface area contributed by atoms with Gasteiger partial charge in [0.1, 0.15) is 11.5 Å². The summed E-state index contributed by atoms with van der Waals surface area (Å²) in [5.41, 5.74) is 1.16. The molecule has 0 atom stereocenters. The Kier molecular flexibility index (Phi) is 6.10. The third-order valence-electron chi connectivity index (χ3n) is 3.05. The molecule has 0 saturated heterocycles. The van der Waals surface area contributed by atoms with E-state index in [9.17, 15) is 13.2 Å². The summed E-state index contributed by atoms with van der Waals surface area (Å²) >= 11 is 11.7. The van der Waals surface area contributed by atoms with Crippen molar-refractivity contribution in [3.63, 3.8) is 0 Å². The molecular formula is C16H14Cl2O5S. The number of carbonyl (C=O) groups excluding carboxylic acids is 1. The second-order valence-corrected chi connectivity index (χ2v) is 7.32. The van der Waals surface area contributed by atoms with Gasteiger partial charge in [-0.1, -0.05) is 41.4 Å². The molecule has 0 radical (unpaired) electrons. The van der Waals surface area contributed by atoms with Crippen LogP contribution in [0, 0.1) is 0 Å². The van der Waals surface area contributed by atoms with Crippen LogP contribution in [0.4, 0.5) is 0 Å². The molecule has 0 spiro atoms. The summed E-state index contributed by atoms with van der Waals surface area (Å²) in [7, 11) is -2.55. The van der Waals surface area contributed by atoms with Gasteiger partial charge in [-0.2, -0.15) is 8.42 Å². The Labute approximate surface area is 150 Å². The van der Waals surface area contributed by atoms with E-state index in [1.165, 1.54) is 31.4 Å². The summed E-state index contributed by atoms with van der Waals surface area (Å²) in [5.74, 6) is -0.562. The summed E-state index contributed by atoms with van der Waals surface area (Å²) in [5, 5.41) is 0.622. The third kappa shape index (κ3) is 5.40. The minimum Gasteiger partial charge on any atom is -0.469 e. The Hall–Kier alpha value is -1.76. The van der Waals surface area contributed by atoms with Crippen molar-refractivity contribution in [3.8, 4) is 5.75 Å². The molecule has 0 aliphatic heterocycles. The van der Waals surface area contributed by atoms with E-state index in [1.54, 1.807) is 18.2 Å². The smallest absolute Gasteiger partial charge is 0.313 e. The van der Waals surface area contributed by atoms with E-state index in [0.717, 1.165) is 0 Å². The molecule has 0 bridgehead atoms. The molecule has 0 saturated carbocycles. The second kappa shape index (κ2) is 7.88. The van der Waals surface area contributed by atoms with Gasteiger partial charge < -0.3 is 8.92 Å². The quantitative estimate of drug-likeness (QED) is 0.558. The molecule has 2 rings (SSSR count). The number of hydrogen-bond donors (Lipinski definition) is 0. The molecule has 2 aromatic rings. The van der Waals surface area contributed by atoms with E-state index >= 15 is 0 Å². The van der Waals surface area contributed by atoms with E-state index in [-0.39, 0.29) is 28.9 Å². The van der Waals surface area contributed by atoms with E-state index in [4.69, 9.17) is 27.4 Å². The monoisotopic (exact) mass is 388 g/mol. The average molecular weight is 389 g/mol. The van der Waals surface area contributed by atoms with Gasteiger partial charge in [-0.15, -0.1) is 0 Å². The molecule has 0 aliphatic carbocycles. The van der Waals surface area contributed by atoms with Gasteiger partial charge >= 0.3 is 16.1 Å². The highest BCUT2D eigenvalue weighted by Gasteiger charge is 2.15. The first-order chi connectivity index (χ1) is 11.3. The van der Waals surface area contributed by atoms with Crippen LogP contribution in [0.15, 0.2) is 42.5 Å². The maximum atomic E-state index is 12.1. The first kappa shape index (κ1) is 18.6. The normalized spacial score (nSPS) is 11.1. The minimum absolute atomic E-state index is 0.104. The van der Waals surface area contributed by atoms with E-state index < -0.39 is 10.1 Å². The third-order valence-corrected chi connectivity index (χ3v) is 4.92. The van der Waals surface area contributed by atoms with Crippen molar-refractivity contribution in [2.45, 2.75) is 12.2 Å². The molecule has 0 unspecified atom stereocenters. The number of ether oxygens (including phenoxy) is 1. The van der Waals surface area contributed by atoms with Crippen LogP contribution in [0.2, 0.25) is 10.0 Å². The Morgan fingerprint density at radius 3 is 2.21 bits per heavy atom. The van der Waals surface area contributed by atoms with Crippen molar-refractivity contribution in [1.29, 1.82) is 0 Å². The molecule has 0 aliphatic rings. The lowest BCUT2D eigenvalue weighted by molar-refractivity contribution is -0.139. The molecule has 0 amide bonds. The van der Waals surface area contributed by atoms with E-state index in [2.05, 4.69) is 4.74 Å². The van der Waals surface area contributed by atoms with Gasteiger partial charge in [0, 0.05) is 0 Å². The molecule has 8 heteroatoms. The molecule has 2 aromatic carbocycles. The lowest BCUT2D eigenvalue weighted by Crippen LogP contribution is -2.12. The predicted molar refractivity (Wildman–Crippen MR) is 91.9 cm³/mol. The average Bonchev–Trinajstić information content (AvgIpc) is 2.52. The van der Waals surface area contributed by atoms with Gasteiger partial charge in [0.25, 0.3) is 0 Å². The van der Waals surface area contributed by atoms with Crippen molar-refractivity contribution in [2.24, 2.45) is 0 Å². The van der Waals surface area contributed by atoms with Crippen LogP contribution in [0.1, 0.15) is 11.1 Å². The van der Waals surface area contributed by atoms with Gasteiger partial charge in [0.05, 0.1) is 23.6 Å². The van der Waals surface area contributed by atoms with Crippen molar-refractivity contribution in [2.75, 3.05) is 7.11 Å². The summed E-state index contributed by atoms with van der Waals surface area (Å²) in [4.78, 5) is 11.2. The Bertz CT molecular complexity index is 832. The first-order valence-electron chi connectivity index (χ1n) is 6.81. The van der Waals surface area contributed by atoms with Crippen molar-refractivity contribution in [1.82, 2.24) is 0 Å². The number of esters is 1. The molecule has 0 N–H and O–H groups in total. The Morgan fingerprint density at radius 2 is 1.62 bits per heavy atom. The Balaban J connectivity index is 2.05. The number of carbonyl (C=O) groups is 1. The van der Waals surface area contributed by atoms with Crippen LogP contribution < -0.4 is 4.18 Å². The molecular weight excluding hydrogens is 375 g/mol.